The average Bonchev–Trinajstić information content (AvgIpc) is 2.98. The number of pyridine rings is 1. The van der Waals surface area contributed by atoms with Crippen molar-refractivity contribution in [1.82, 2.24) is 14.8 Å². The standard InChI is InChI=1S/C22H25FN4O3/c1-12-8-7-9-15(30-6)17(12)27-20(16(23)18(26-27)22(3,4)5)25-19-14(21(28)29)11-10-13(2)24-19/h7-11H,1-6H3,(H,24,25)(H,28,29). The molecule has 2 aromatic heterocycles. The number of carboxylic acid groups (broad SMARTS) is 1. The second-order valence-electron chi connectivity index (χ2n) is 8.08. The minimum atomic E-state index is -1.17. The molecule has 2 heterocycles. The van der Waals surface area contributed by atoms with Gasteiger partial charge in [-0.05, 0) is 37.6 Å². The fraction of sp³-hybridized carbons (Fsp3) is 0.318. The summed E-state index contributed by atoms with van der Waals surface area (Å²) in [6.45, 7) is 9.17. The quantitative estimate of drug-likeness (QED) is 0.627. The molecule has 0 saturated heterocycles. The lowest BCUT2D eigenvalue weighted by Gasteiger charge is -2.16. The van der Waals surface area contributed by atoms with Gasteiger partial charge in [0.25, 0.3) is 0 Å². The number of hydrogen-bond acceptors (Lipinski definition) is 5. The smallest absolute Gasteiger partial charge is 0.339 e. The highest BCUT2D eigenvalue weighted by molar-refractivity contribution is 5.94. The van der Waals surface area contributed by atoms with Gasteiger partial charge in [-0.1, -0.05) is 32.9 Å². The first kappa shape index (κ1) is 21.3. The monoisotopic (exact) mass is 412 g/mol. The first-order valence-corrected chi connectivity index (χ1v) is 9.45. The number of aromatic nitrogens is 3. The molecule has 30 heavy (non-hydrogen) atoms. The molecular weight excluding hydrogens is 387 g/mol. The molecule has 1 aromatic carbocycles. The number of aryl methyl sites for hydroxylation is 2. The van der Waals surface area contributed by atoms with Crippen molar-refractivity contribution in [3.63, 3.8) is 0 Å². The SMILES string of the molecule is COc1cccc(C)c1-n1nc(C(C)(C)C)c(F)c1Nc1nc(C)ccc1C(=O)O. The number of carbonyl (C=O) groups is 1. The molecule has 0 aliphatic rings. The van der Waals surface area contributed by atoms with Crippen molar-refractivity contribution >= 4 is 17.6 Å². The molecule has 0 radical (unpaired) electrons. The molecule has 3 aromatic rings. The highest BCUT2D eigenvalue weighted by Gasteiger charge is 2.30. The fourth-order valence-electron chi connectivity index (χ4n) is 3.15. The zero-order valence-corrected chi connectivity index (χ0v) is 17.9. The number of anilines is 2. The molecule has 7 nitrogen and oxygen atoms in total. The third-order valence-corrected chi connectivity index (χ3v) is 4.67. The van der Waals surface area contributed by atoms with Crippen LogP contribution in [0.25, 0.3) is 5.69 Å². The van der Waals surface area contributed by atoms with E-state index in [4.69, 9.17) is 4.74 Å². The summed E-state index contributed by atoms with van der Waals surface area (Å²) in [5.74, 6) is -1.20. The summed E-state index contributed by atoms with van der Waals surface area (Å²) in [6, 6.07) is 8.49. The van der Waals surface area contributed by atoms with E-state index in [1.807, 2.05) is 39.8 Å². The Morgan fingerprint density at radius 2 is 1.90 bits per heavy atom. The van der Waals surface area contributed by atoms with Crippen LogP contribution in [-0.4, -0.2) is 33.0 Å². The Morgan fingerprint density at radius 3 is 2.50 bits per heavy atom. The van der Waals surface area contributed by atoms with Crippen molar-refractivity contribution in [2.75, 3.05) is 12.4 Å². The zero-order chi connectivity index (χ0) is 22.2. The van der Waals surface area contributed by atoms with E-state index in [0.717, 1.165) is 5.56 Å². The van der Waals surface area contributed by atoms with Crippen molar-refractivity contribution in [3.05, 3.63) is 58.7 Å². The molecule has 0 amide bonds. The van der Waals surface area contributed by atoms with E-state index in [0.29, 0.717) is 17.1 Å². The Bertz CT molecular complexity index is 1120. The number of nitrogens with one attached hydrogen (secondary N) is 1. The van der Waals surface area contributed by atoms with E-state index in [2.05, 4.69) is 15.4 Å². The zero-order valence-electron chi connectivity index (χ0n) is 17.9. The summed E-state index contributed by atoms with van der Waals surface area (Å²) in [6.07, 6.45) is 0. The van der Waals surface area contributed by atoms with Gasteiger partial charge in [0.15, 0.2) is 11.6 Å². The fourth-order valence-corrected chi connectivity index (χ4v) is 3.15. The number of methoxy groups -OCH3 is 1. The van der Waals surface area contributed by atoms with Crippen LogP contribution in [0.15, 0.2) is 30.3 Å². The second-order valence-corrected chi connectivity index (χ2v) is 8.08. The van der Waals surface area contributed by atoms with Crippen molar-refractivity contribution in [2.24, 2.45) is 0 Å². The van der Waals surface area contributed by atoms with Crippen LogP contribution in [0.1, 0.15) is 48.1 Å². The van der Waals surface area contributed by atoms with Gasteiger partial charge in [-0.25, -0.2) is 18.9 Å². The maximum atomic E-state index is 15.6. The molecule has 2 N–H and O–H groups in total. The Balaban J connectivity index is 2.30. The van der Waals surface area contributed by atoms with Crippen LogP contribution in [-0.2, 0) is 5.41 Å². The number of benzene rings is 1. The van der Waals surface area contributed by atoms with Crippen LogP contribution in [0, 0.1) is 19.7 Å². The summed E-state index contributed by atoms with van der Waals surface area (Å²) in [7, 11) is 1.53. The maximum Gasteiger partial charge on any atom is 0.339 e. The molecule has 0 saturated carbocycles. The minimum absolute atomic E-state index is 0.00637. The van der Waals surface area contributed by atoms with Crippen molar-refractivity contribution < 1.29 is 19.0 Å². The summed E-state index contributed by atoms with van der Waals surface area (Å²) in [5, 5.41) is 17.0. The number of carboxylic acids is 1. The molecular formula is C22H25FN4O3. The number of aromatic carboxylic acids is 1. The molecule has 3 rings (SSSR count). The van der Waals surface area contributed by atoms with Crippen molar-refractivity contribution in [2.45, 2.75) is 40.0 Å². The van der Waals surface area contributed by atoms with Crippen molar-refractivity contribution in [1.29, 1.82) is 0 Å². The Labute approximate surface area is 174 Å². The average molecular weight is 412 g/mol. The van der Waals surface area contributed by atoms with Gasteiger partial charge >= 0.3 is 5.97 Å². The van der Waals surface area contributed by atoms with Gasteiger partial charge in [-0.2, -0.15) is 5.10 Å². The van der Waals surface area contributed by atoms with Gasteiger partial charge in [-0.3, -0.25) is 0 Å². The Morgan fingerprint density at radius 1 is 1.20 bits per heavy atom. The van der Waals surface area contributed by atoms with Crippen LogP contribution >= 0.6 is 0 Å². The molecule has 0 aliphatic carbocycles. The number of para-hydroxylation sites is 1. The van der Waals surface area contributed by atoms with Gasteiger partial charge in [0, 0.05) is 11.1 Å². The number of halogens is 1. The summed E-state index contributed by atoms with van der Waals surface area (Å²) < 4.78 is 22.5. The van der Waals surface area contributed by atoms with Gasteiger partial charge in [0.2, 0.25) is 0 Å². The van der Waals surface area contributed by atoms with Crippen LogP contribution in [0.3, 0.4) is 0 Å². The largest absolute Gasteiger partial charge is 0.494 e. The van der Waals surface area contributed by atoms with Crippen LogP contribution < -0.4 is 10.1 Å². The van der Waals surface area contributed by atoms with Gasteiger partial charge < -0.3 is 15.2 Å². The molecule has 0 aliphatic heterocycles. The van der Waals surface area contributed by atoms with Crippen LogP contribution in [0.5, 0.6) is 5.75 Å². The first-order valence-electron chi connectivity index (χ1n) is 9.45. The van der Waals surface area contributed by atoms with Gasteiger partial charge in [-0.15, -0.1) is 0 Å². The highest BCUT2D eigenvalue weighted by Crippen LogP contribution is 2.36. The topological polar surface area (TPSA) is 89.3 Å². The third kappa shape index (κ3) is 3.85. The summed E-state index contributed by atoms with van der Waals surface area (Å²) >= 11 is 0. The lowest BCUT2D eigenvalue weighted by molar-refractivity contribution is 0.0697. The van der Waals surface area contributed by atoms with E-state index in [1.54, 1.807) is 19.1 Å². The second kappa shape index (κ2) is 7.78. The molecule has 0 fully saturated rings. The molecule has 158 valence electrons. The number of hydrogen-bond donors (Lipinski definition) is 2. The normalized spacial score (nSPS) is 11.4. The lowest BCUT2D eigenvalue weighted by atomic mass is 9.92. The van der Waals surface area contributed by atoms with E-state index in [1.165, 1.54) is 17.9 Å². The molecule has 0 unspecified atom stereocenters. The lowest BCUT2D eigenvalue weighted by Crippen LogP contribution is -2.14. The maximum absolute atomic E-state index is 15.6. The predicted molar refractivity (Wildman–Crippen MR) is 113 cm³/mol. The van der Waals surface area contributed by atoms with E-state index in [9.17, 15) is 9.90 Å². The Hall–Kier alpha value is -3.42. The summed E-state index contributed by atoms with van der Waals surface area (Å²) in [5.41, 5.74) is 1.55. The highest BCUT2D eigenvalue weighted by atomic mass is 19.1. The van der Waals surface area contributed by atoms with E-state index in [-0.39, 0.29) is 22.9 Å². The van der Waals surface area contributed by atoms with Crippen LogP contribution in [0.2, 0.25) is 0 Å². The first-order chi connectivity index (χ1) is 14.0. The predicted octanol–water partition coefficient (Wildman–Crippen LogP) is 4.77. The van der Waals surface area contributed by atoms with E-state index >= 15 is 4.39 Å². The summed E-state index contributed by atoms with van der Waals surface area (Å²) in [4.78, 5) is 15.9. The van der Waals surface area contributed by atoms with Crippen LogP contribution in [0.4, 0.5) is 16.0 Å². The van der Waals surface area contributed by atoms with Gasteiger partial charge in [0.1, 0.15) is 28.5 Å². The molecule has 0 bridgehead atoms. The number of rotatable bonds is 5. The number of ether oxygens (including phenoxy) is 1. The molecule has 0 atom stereocenters. The minimum Gasteiger partial charge on any atom is -0.494 e. The van der Waals surface area contributed by atoms with Crippen molar-refractivity contribution in [3.8, 4) is 11.4 Å². The van der Waals surface area contributed by atoms with E-state index < -0.39 is 17.2 Å². The molecule has 8 heteroatoms. The van der Waals surface area contributed by atoms with Gasteiger partial charge in [0.05, 0.1) is 7.11 Å². The number of nitrogens with zero attached hydrogens (tertiary/aromatic N) is 3. The third-order valence-electron chi connectivity index (χ3n) is 4.67. The Kier molecular flexibility index (Phi) is 5.52. The molecule has 0 spiro atoms.